The van der Waals surface area contributed by atoms with E-state index >= 15 is 0 Å². The third-order valence-electron chi connectivity index (χ3n) is 22.1. The molecule has 2 unspecified atom stereocenters. The Morgan fingerprint density at radius 2 is 0.991 bits per heavy atom. The minimum Gasteiger partial charge on any atom is -0.543 e. The number of methoxy groups -OCH3 is 4. The van der Waals surface area contributed by atoms with Crippen LogP contribution in [-0.4, -0.2) is 251 Å². The van der Waals surface area contributed by atoms with Crippen molar-refractivity contribution >= 4 is 117 Å². The Balaban J connectivity index is 0.000000287. The second-order valence-corrected chi connectivity index (χ2v) is 37.2. The molecule has 0 radical (unpaired) electrons. The van der Waals surface area contributed by atoms with Gasteiger partial charge in [-0.3, -0.25) is 24.0 Å². The van der Waals surface area contributed by atoms with Crippen molar-refractivity contribution in [2.24, 2.45) is 22.7 Å². The molecule has 6 aliphatic rings. The Bertz CT molecular complexity index is 4640. The summed E-state index contributed by atoms with van der Waals surface area (Å²) in [5.41, 5.74) is -3.29. The van der Waals surface area contributed by atoms with Gasteiger partial charge in [-0.05, 0) is 86.5 Å². The number of nitrogens with one attached hydrogen (secondary N) is 6. The number of amides is 8. The molecule has 10 rings (SSSR count). The van der Waals surface area contributed by atoms with Gasteiger partial charge in [0.1, 0.15) is 76.1 Å². The number of carbonyl (C=O) groups is 10. The SMILES string of the molecule is COC(=O)[C@@]12CC1/C=C\CCCCC[C@H](NC(=O)N[C@H](CN(C)S(C)(=O)=O)C(C)(C)C)C(=O)N1C[C@H](Oc3cc(C(=O)CBr)nc4cc(OC)ccc34)C[C@H]1C(=O)N2.COC(=O)[C@@]12CC1/C=C\CCCCC[C@H](NC(=O)N[C@H](CN(C)S(C)(=O)=O)C(C)(C)C)C(=O)N1C[C@H](Oc3cc(C(=O)[O-])nc4cc(OC)ccc34)C[C@H]1C(=O)N2.[Na+]. The summed E-state index contributed by atoms with van der Waals surface area (Å²) in [6.45, 7) is 11.0. The van der Waals surface area contributed by atoms with Crippen molar-refractivity contribution in [3.63, 3.8) is 0 Å². The maximum absolute atomic E-state index is 14.7. The summed E-state index contributed by atoms with van der Waals surface area (Å²) in [7, 11) is 1.22. The van der Waals surface area contributed by atoms with E-state index in [0.29, 0.717) is 65.6 Å². The second kappa shape index (κ2) is 39.1. The predicted octanol–water partition coefficient (Wildman–Crippen LogP) is 2.21. The topological polar surface area (TPSA) is 428 Å². The fourth-order valence-electron chi connectivity index (χ4n) is 14.7. The molecule has 0 spiro atoms. The smallest absolute Gasteiger partial charge is 0.543 e. The zero-order chi connectivity index (χ0) is 84.4. The van der Waals surface area contributed by atoms with Crippen LogP contribution in [0.5, 0.6) is 23.0 Å². The number of ketones is 1. The number of carboxylic acids is 1. The summed E-state index contributed by atoms with van der Waals surface area (Å²) in [5, 5.41) is 30.2. The van der Waals surface area contributed by atoms with Crippen LogP contribution >= 0.6 is 15.9 Å². The fraction of sp³-hybridized carbons (Fsp3) is 0.595. The van der Waals surface area contributed by atoms with Crippen molar-refractivity contribution < 1.29 is 128 Å². The van der Waals surface area contributed by atoms with Gasteiger partial charge in [0, 0.05) is 99.0 Å². The van der Waals surface area contributed by atoms with Gasteiger partial charge >= 0.3 is 53.6 Å². The normalized spacial score (nSPS) is 25.2. The van der Waals surface area contributed by atoms with Crippen molar-refractivity contribution in [2.45, 2.75) is 191 Å². The third-order valence-corrected chi connectivity index (χ3v) is 25.1. The number of pyridine rings is 2. The number of Topliss-reactive ketones (excluding diaryl/α,β-unsaturated/α-hetero) is 1. The van der Waals surface area contributed by atoms with Gasteiger partial charge in [0.15, 0.2) is 5.78 Å². The molecule has 4 aliphatic heterocycles. The van der Waals surface area contributed by atoms with E-state index in [1.165, 1.54) is 64.5 Å². The molecule has 2 aliphatic carbocycles. The second-order valence-electron chi connectivity index (χ2n) is 32.5. The van der Waals surface area contributed by atoms with Crippen molar-refractivity contribution in [1.82, 2.24) is 60.3 Å². The van der Waals surface area contributed by atoms with Gasteiger partial charge in [-0.1, -0.05) is 107 Å². The molecular formula is C79H108BrN12NaO21S2. The number of rotatable bonds is 21. The summed E-state index contributed by atoms with van der Waals surface area (Å²) >= 11 is 3.21. The van der Waals surface area contributed by atoms with Crippen LogP contribution in [0.1, 0.15) is 152 Å². The monoisotopic (exact) mass is 1730 g/mol. The van der Waals surface area contributed by atoms with Crippen LogP contribution in [-0.2, 0) is 58.3 Å². The molecule has 116 heavy (non-hydrogen) atoms. The van der Waals surface area contributed by atoms with Gasteiger partial charge in [0.2, 0.25) is 43.7 Å². The molecule has 2 aromatic heterocycles. The van der Waals surface area contributed by atoms with Gasteiger partial charge < -0.3 is 80.0 Å². The van der Waals surface area contributed by atoms with Crippen LogP contribution in [0.3, 0.4) is 0 Å². The molecule has 33 nitrogen and oxygen atoms in total. The van der Waals surface area contributed by atoms with Crippen LogP contribution in [0.2, 0.25) is 0 Å². The number of nitrogens with zero attached hydrogens (tertiary/aromatic N) is 6. The van der Waals surface area contributed by atoms with E-state index in [1.54, 1.807) is 36.4 Å². The molecular weight excluding hydrogens is 1620 g/mol. The largest absolute Gasteiger partial charge is 1.00 e. The van der Waals surface area contributed by atoms with E-state index in [0.717, 1.165) is 53.2 Å². The summed E-state index contributed by atoms with van der Waals surface area (Å²) in [5.74, 6) is -4.50. The van der Waals surface area contributed by atoms with Gasteiger partial charge in [0.05, 0.1) is 82.1 Å². The molecule has 2 aromatic carbocycles. The van der Waals surface area contributed by atoms with E-state index in [1.807, 2.05) is 65.8 Å². The number of aromatic carboxylic acids is 1. The number of alkyl halides is 1. The third kappa shape index (κ3) is 23.2. The number of allylic oxidation sites excluding steroid dienone is 2. The molecule has 6 N–H and O–H groups in total. The van der Waals surface area contributed by atoms with Crippen LogP contribution < -0.4 is 85.5 Å². The first-order valence-electron chi connectivity index (χ1n) is 38.4. The molecule has 8 amide bonds. The van der Waals surface area contributed by atoms with E-state index in [-0.39, 0.29) is 121 Å². The summed E-state index contributed by atoms with van der Waals surface area (Å²) in [4.78, 5) is 148. The molecule has 4 aromatic rings. The van der Waals surface area contributed by atoms with E-state index in [2.05, 4.69) is 57.8 Å². The number of benzene rings is 2. The number of likely N-dealkylation sites (N-methyl/N-ethyl adjacent to an activating group) is 2. The number of ether oxygens (including phenoxy) is 6. The molecule has 2 saturated carbocycles. The summed E-state index contributed by atoms with van der Waals surface area (Å²) < 4.78 is 85.2. The minimum atomic E-state index is -3.56. The molecule has 6 heterocycles. The summed E-state index contributed by atoms with van der Waals surface area (Å²) in [6.07, 6.45) is 15.1. The Morgan fingerprint density at radius 3 is 1.34 bits per heavy atom. The van der Waals surface area contributed by atoms with Gasteiger partial charge in [-0.15, -0.1) is 0 Å². The Kier molecular flexibility index (Phi) is 31.4. The quantitative estimate of drug-likeness (QED) is 0.0229. The number of urea groups is 2. The molecule has 630 valence electrons. The summed E-state index contributed by atoms with van der Waals surface area (Å²) in [6, 6.07) is 5.70. The molecule has 0 bridgehead atoms. The number of halogens is 1. The van der Waals surface area contributed by atoms with Crippen LogP contribution in [0, 0.1) is 22.7 Å². The number of hydrogen-bond acceptors (Lipinski definition) is 23. The average Bonchev–Trinajstić information content (AvgIpc) is 1.59. The standard InChI is InChI=1S/C40H55BrN6O10S.C39H54N6O11S.Na/c1-39(2,3)34(23-46(4)58(7,53)54)44-38(52)43-28-14-12-10-8-9-11-13-24-20-40(24,37(51)56-6)45-35(49)31-18-26(22-47(31)36(28)50)57-33-19-30(32(48)21-41)42-29-17-25(55-5)15-16-27(29)33;1-38(2,3)32(22-44(4)57(7,52)53)42-37(51)41-27-14-12-10-8-9-11-13-23-20-39(23,36(50)55-6)43-33(46)30-18-25(21-45(30)34(27)47)56-31-19-29(35(48)49)40-28-17-24(54-5)15-16-26(28)31;/h11,13,15-17,19,24,26,28,31,34H,8-10,12,14,18,20-23H2,1-7H3,(H,45,49)(H2,43,44,52);11,13,15-17,19,23,25,27,30,32H,8-10,12,14,18,20-22H2,1-7H3,(H,43,46)(H,48,49)(H2,41,42,51);/q;;+1/p-1/b2*13-11-;/t24?,26-,28+,31+,34-,40-;23?,25-,27+,30+,32-,39-;/m11./s1. The number of carbonyl (C=O) groups excluding carboxylic acids is 10. The van der Waals surface area contributed by atoms with Crippen molar-refractivity contribution in [3.05, 3.63) is 84.2 Å². The van der Waals surface area contributed by atoms with Crippen molar-refractivity contribution in [1.29, 1.82) is 0 Å². The van der Waals surface area contributed by atoms with Crippen LogP contribution in [0.4, 0.5) is 9.59 Å². The molecule has 2 saturated heterocycles. The van der Waals surface area contributed by atoms with E-state index < -0.39 is 150 Å². The average molecular weight is 1730 g/mol. The first kappa shape index (κ1) is 93.2. The zero-order valence-electron chi connectivity index (χ0n) is 68.6. The number of sulfonamides is 2. The number of esters is 2. The molecule has 4 fully saturated rings. The predicted molar refractivity (Wildman–Crippen MR) is 427 cm³/mol. The molecule has 12 atom stereocenters. The van der Waals surface area contributed by atoms with E-state index in [4.69, 9.17) is 28.4 Å². The first-order chi connectivity index (χ1) is 54.1. The van der Waals surface area contributed by atoms with Gasteiger partial charge in [-0.2, -0.15) is 0 Å². The number of hydrogen-bond donors (Lipinski definition) is 6. The number of aromatic nitrogens is 2. The first-order valence-corrected chi connectivity index (χ1v) is 43.2. The fourth-order valence-corrected chi connectivity index (χ4v) is 15.8. The van der Waals surface area contributed by atoms with Crippen LogP contribution in [0.15, 0.2) is 72.8 Å². The maximum Gasteiger partial charge on any atom is 1.00 e. The van der Waals surface area contributed by atoms with Gasteiger partial charge in [-0.25, -0.2) is 54.6 Å². The van der Waals surface area contributed by atoms with Crippen LogP contribution in [0.25, 0.3) is 21.8 Å². The van der Waals surface area contributed by atoms with Gasteiger partial charge in [0.25, 0.3) is 0 Å². The van der Waals surface area contributed by atoms with Crippen molar-refractivity contribution in [2.75, 3.05) is 86.6 Å². The maximum atomic E-state index is 14.7. The Hall–Kier alpha value is -8.26. The molecule has 37 heteroatoms. The zero-order valence-corrected chi connectivity index (χ0v) is 73.8. The van der Waals surface area contributed by atoms with E-state index in [9.17, 15) is 69.9 Å². The number of fused-ring (bicyclic) bond motifs is 6. The minimum absolute atomic E-state index is 0. The Morgan fingerprint density at radius 1 is 0.603 bits per heavy atom. The number of carboxylic acid groups (broad SMARTS) is 1. The van der Waals surface area contributed by atoms with Crippen molar-refractivity contribution in [3.8, 4) is 23.0 Å². The Labute approximate surface area is 707 Å².